The van der Waals surface area contributed by atoms with Gasteiger partial charge < -0.3 is 11.6 Å². The lowest BCUT2D eigenvalue weighted by Gasteiger charge is -2.03. The highest BCUT2D eigenvalue weighted by Crippen LogP contribution is 2.24. The van der Waals surface area contributed by atoms with Crippen LogP contribution in [0.3, 0.4) is 0 Å². The van der Waals surface area contributed by atoms with Crippen LogP contribution < -0.4 is 22.8 Å². The van der Waals surface area contributed by atoms with Crippen LogP contribution in [0.1, 0.15) is 0 Å². The van der Waals surface area contributed by atoms with Gasteiger partial charge in [-0.15, -0.1) is 5.10 Å². The number of nitrogens with one attached hydrogen (secondary N) is 2. The molecule has 114 valence electrons. The monoisotopic (exact) mass is 315 g/mol. The number of hydrazine groups is 1. The van der Waals surface area contributed by atoms with Gasteiger partial charge in [0.2, 0.25) is 4.77 Å². The molecule has 8 N–H and O–H groups in total. The lowest BCUT2D eigenvalue weighted by atomic mass is 10.0. The summed E-state index contributed by atoms with van der Waals surface area (Å²) in [7, 11) is 0. The fourth-order valence-electron chi connectivity index (χ4n) is 1.78. The number of rotatable bonds is 2. The normalized spacial score (nSPS) is 9.68. The number of nitrogens with two attached hydrogens (primary N) is 3. The third-order valence-corrected chi connectivity index (χ3v) is 3.17. The molecule has 0 bridgehead atoms. The van der Waals surface area contributed by atoms with Gasteiger partial charge in [-0.1, -0.05) is 48.5 Å². The summed E-state index contributed by atoms with van der Waals surface area (Å²) < 4.78 is 1.46. The summed E-state index contributed by atoms with van der Waals surface area (Å²) in [5, 5.41) is 6.05. The average Bonchev–Trinajstić information content (AvgIpc) is 2.88. The molecule has 0 aliphatic heterocycles. The van der Waals surface area contributed by atoms with Gasteiger partial charge in [0.25, 0.3) is 5.95 Å². The maximum Gasteiger partial charge on any atom is 0.256 e. The van der Waals surface area contributed by atoms with Crippen LogP contribution in [-0.4, -0.2) is 14.9 Å². The van der Waals surface area contributed by atoms with Gasteiger partial charge >= 0.3 is 0 Å². The van der Waals surface area contributed by atoms with Crippen molar-refractivity contribution in [3.8, 4) is 11.1 Å². The molecule has 1 aromatic heterocycles. The molecular weight excluding hydrogens is 298 g/mol. The quantitative estimate of drug-likeness (QED) is 0.213. The number of para-hydroxylation sites is 1. The Morgan fingerprint density at radius 2 is 1.68 bits per heavy atom. The molecule has 0 saturated carbocycles. The molecular formula is C14H17N7S. The van der Waals surface area contributed by atoms with Gasteiger partial charge in [-0.3, -0.25) is 5.43 Å². The van der Waals surface area contributed by atoms with E-state index in [0.717, 1.165) is 15.9 Å². The molecule has 7 nitrogen and oxygen atoms in total. The van der Waals surface area contributed by atoms with Crippen molar-refractivity contribution in [3.63, 3.8) is 0 Å². The predicted molar refractivity (Wildman–Crippen MR) is 91.7 cm³/mol. The van der Waals surface area contributed by atoms with Crippen LogP contribution >= 0.6 is 12.2 Å². The highest BCUT2D eigenvalue weighted by atomic mass is 32.1. The molecule has 8 heteroatoms. The van der Waals surface area contributed by atoms with E-state index >= 15 is 0 Å². The molecule has 0 aliphatic carbocycles. The van der Waals surface area contributed by atoms with E-state index in [1.54, 1.807) is 0 Å². The van der Waals surface area contributed by atoms with Crippen LogP contribution in [0.15, 0.2) is 54.6 Å². The van der Waals surface area contributed by atoms with Crippen LogP contribution in [0.5, 0.6) is 0 Å². The van der Waals surface area contributed by atoms with Gasteiger partial charge in [0.05, 0.1) is 0 Å². The van der Waals surface area contributed by atoms with Crippen molar-refractivity contribution in [2.75, 3.05) is 17.0 Å². The molecule has 3 rings (SSSR count). The predicted octanol–water partition coefficient (Wildman–Crippen LogP) is 1.88. The Morgan fingerprint density at radius 1 is 1.05 bits per heavy atom. The molecule has 1 heterocycles. The molecule has 0 fully saturated rings. The van der Waals surface area contributed by atoms with Crippen molar-refractivity contribution < 1.29 is 0 Å². The second kappa shape index (κ2) is 7.25. The number of aromatic nitrogens is 3. The summed E-state index contributed by atoms with van der Waals surface area (Å²) in [5.41, 5.74) is 11.2. The third-order valence-electron chi connectivity index (χ3n) is 2.88. The summed E-state index contributed by atoms with van der Waals surface area (Å²) in [6, 6.07) is 18.1. The number of aromatic amines is 1. The van der Waals surface area contributed by atoms with Gasteiger partial charge in [0.15, 0.2) is 0 Å². The third kappa shape index (κ3) is 3.62. The Labute approximate surface area is 132 Å². The van der Waals surface area contributed by atoms with Gasteiger partial charge in [0, 0.05) is 11.3 Å². The van der Waals surface area contributed by atoms with Crippen molar-refractivity contribution in [2.45, 2.75) is 0 Å². The summed E-state index contributed by atoms with van der Waals surface area (Å²) in [6.07, 6.45) is 0. The number of hydrogen-bond acceptors (Lipinski definition) is 6. The molecule has 0 radical (unpaired) electrons. The molecule has 0 atom stereocenters. The van der Waals surface area contributed by atoms with E-state index in [2.05, 4.69) is 40.0 Å². The highest BCUT2D eigenvalue weighted by Gasteiger charge is 1.98. The second-order valence-corrected chi connectivity index (χ2v) is 4.71. The first-order valence-electron chi connectivity index (χ1n) is 6.42. The topological polar surface area (TPSA) is 124 Å². The van der Waals surface area contributed by atoms with E-state index in [-0.39, 0.29) is 0 Å². The maximum absolute atomic E-state index is 5.85. The van der Waals surface area contributed by atoms with Gasteiger partial charge in [-0.2, -0.15) is 0 Å². The standard InChI is InChI=1S/C12H11N.C2H6N6S/c13-12-9-5-4-8-11(12)10-6-2-1-3-7-10;3-5-1-6-7-2(9)8(1)4/h1-9H,13H2;3-4H2,(H,5,6)(H,7,9). The summed E-state index contributed by atoms with van der Waals surface area (Å²) in [4.78, 5) is 0. The Hall–Kier alpha value is -2.84. The maximum atomic E-state index is 5.85. The molecule has 0 amide bonds. The van der Waals surface area contributed by atoms with Crippen LogP contribution in [0, 0.1) is 4.77 Å². The van der Waals surface area contributed by atoms with Crippen molar-refractivity contribution >= 4 is 23.9 Å². The number of benzene rings is 2. The molecule has 0 unspecified atom stereocenters. The van der Waals surface area contributed by atoms with Crippen molar-refractivity contribution in [3.05, 3.63) is 59.4 Å². The zero-order valence-electron chi connectivity index (χ0n) is 11.7. The van der Waals surface area contributed by atoms with Crippen molar-refractivity contribution in [2.24, 2.45) is 5.84 Å². The minimum atomic E-state index is 0.306. The van der Waals surface area contributed by atoms with Crippen LogP contribution in [0.2, 0.25) is 0 Å². The molecule has 0 aliphatic rings. The first-order valence-corrected chi connectivity index (χ1v) is 6.83. The summed E-state index contributed by atoms with van der Waals surface area (Å²) in [5.74, 6) is 10.6. The lowest BCUT2D eigenvalue weighted by molar-refractivity contribution is 0.970. The number of nitrogen functional groups attached to an aromatic ring is 3. The largest absolute Gasteiger partial charge is 0.398 e. The zero-order chi connectivity index (χ0) is 15.9. The molecule has 0 spiro atoms. The van der Waals surface area contributed by atoms with Gasteiger partial charge in [-0.05, 0) is 23.8 Å². The highest BCUT2D eigenvalue weighted by molar-refractivity contribution is 7.71. The minimum Gasteiger partial charge on any atom is -0.398 e. The average molecular weight is 315 g/mol. The minimum absolute atomic E-state index is 0.306. The molecule has 3 aromatic rings. The van der Waals surface area contributed by atoms with E-state index in [4.69, 9.17) is 17.4 Å². The van der Waals surface area contributed by atoms with Crippen molar-refractivity contribution in [1.82, 2.24) is 14.9 Å². The first-order chi connectivity index (χ1) is 10.6. The van der Waals surface area contributed by atoms with E-state index in [1.807, 2.05) is 42.5 Å². The Balaban J connectivity index is 0.000000172. The number of anilines is 2. The SMILES string of the molecule is NNc1n[nH]c(=S)n1N.Nc1ccccc1-c1ccccc1. The molecule has 2 aromatic carbocycles. The fraction of sp³-hybridized carbons (Fsp3) is 0. The first kappa shape index (κ1) is 15.5. The van der Waals surface area contributed by atoms with Crippen molar-refractivity contribution in [1.29, 1.82) is 0 Å². The van der Waals surface area contributed by atoms with Gasteiger partial charge in [0.1, 0.15) is 0 Å². The van der Waals surface area contributed by atoms with Crippen LogP contribution in [0.4, 0.5) is 11.6 Å². The molecule has 0 saturated heterocycles. The Morgan fingerprint density at radius 3 is 2.18 bits per heavy atom. The summed E-state index contributed by atoms with van der Waals surface area (Å²) >= 11 is 4.66. The number of H-pyrrole nitrogens is 1. The van der Waals surface area contributed by atoms with Crippen LogP contribution in [-0.2, 0) is 0 Å². The smallest absolute Gasteiger partial charge is 0.256 e. The van der Waals surface area contributed by atoms with E-state index in [9.17, 15) is 0 Å². The zero-order valence-corrected chi connectivity index (χ0v) is 12.5. The number of hydrogen-bond donors (Lipinski definition) is 5. The lowest BCUT2D eigenvalue weighted by Crippen LogP contribution is -2.17. The summed E-state index contributed by atoms with van der Waals surface area (Å²) in [6.45, 7) is 0. The van der Waals surface area contributed by atoms with E-state index < -0.39 is 0 Å². The second-order valence-electron chi connectivity index (χ2n) is 4.32. The Bertz CT molecular complexity index is 779. The Kier molecular flexibility index (Phi) is 5.12. The fourth-order valence-corrected chi connectivity index (χ4v) is 1.92. The molecule has 22 heavy (non-hydrogen) atoms. The van der Waals surface area contributed by atoms with Gasteiger partial charge in [-0.25, -0.2) is 15.6 Å². The van der Waals surface area contributed by atoms with E-state index in [0.29, 0.717) is 10.7 Å². The number of nitrogens with zero attached hydrogens (tertiary/aromatic N) is 2. The van der Waals surface area contributed by atoms with Crippen LogP contribution in [0.25, 0.3) is 11.1 Å². The van der Waals surface area contributed by atoms with E-state index in [1.165, 1.54) is 5.56 Å².